The van der Waals surface area contributed by atoms with Crippen molar-refractivity contribution in [2.75, 3.05) is 13.1 Å². The van der Waals surface area contributed by atoms with Gasteiger partial charge in [-0.25, -0.2) is 10.9 Å². The quantitative estimate of drug-likeness (QED) is 0.475. The number of rotatable bonds is 0. The van der Waals surface area contributed by atoms with Crippen molar-refractivity contribution in [1.82, 2.24) is 16.4 Å². The van der Waals surface area contributed by atoms with Crippen molar-refractivity contribution < 1.29 is 0 Å². The molecule has 3 N–H and O–H groups in total. The van der Waals surface area contributed by atoms with E-state index in [4.69, 9.17) is 0 Å². The minimum atomic E-state index is 0.990. The van der Waals surface area contributed by atoms with Gasteiger partial charge in [-0.1, -0.05) is 18.6 Å². The van der Waals surface area contributed by atoms with E-state index in [2.05, 4.69) is 28.5 Å². The first-order chi connectivity index (χ1) is 6.00. The highest BCUT2D eigenvalue weighted by atomic mass is 15.6. The molecule has 0 atom stereocenters. The topological polar surface area (TPSA) is 36.1 Å². The maximum absolute atomic E-state index is 3.12. The monoisotopic (exact) mass is 169 g/mol. The third-order valence-corrected chi connectivity index (χ3v) is 1.95. The van der Waals surface area contributed by atoms with Gasteiger partial charge in [0, 0.05) is 13.1 Å². The molecule has 0 radical (unpaired) electrons. The normalized spacial score (nSPS) is 22.7. The van der Waals surface area contributed by atoms with Crippen LogP contribution in [0.4, 0.5) is 0 Å². The molecule has 12 heavy (non-hydrogen) atoms. The number of hydrogen-bond acceptors (Lipinski definition) is 3. The van der Waals surface area contributed by atoms with Crippen molar-refractivity contribution in [2.45, 2.75) is 32.1 Å². The van der Waals surface area contributed by atoms with Crippen LogP contribution in [0.3, 0.4) is 0 Å². The second kappa shape index (κ2) is 7.28. The zero-order valence-corrected chi connectivity index (χ0v) is 7.60. The second-order valence-electron chi connectivity index (χ2n) is 3.09. The van der Waals surface area contributed by atoms with Gasteiger partial charge in [0.15, 0.2) is 0 Å². The summed E-state index contributed by atoms with van der Waals surface area (Å²) in [7, 11) is 0. The highest BCUT2D eigenvalue weighted by Crippen LogP contribution is 2.00. The number of hydrazine groups is 2. The first-order valence-electron chi connectivity index (χ1n) is 4.86. The first kappa shape index (κ1) is 9.71. The van der Waals surface area contributed by atoms with Gasteiger partial charge in [0.1, 0.15) is 0 Å². The molecule has 0 saturated heterocycles. The third-order valence-electron chi connectivity index (χ3n) is 1.95. The van der Waals surface area contributed by atoms with E-state index in [1.54, 1.807) is 0 Å². The fourth-order valence-corrected chi connectivity index (χ4v) is 1.23. The highest BCUT2D eigenvalue weighted by Gasteiger charge is 1.89. The fraction of sp³-hybridized carbons (Fsp3) is 0.778. The van der Waals surface area contributed by atoms with Crippen LogP contribution < -0.4 is 16.4 Å². The average Bonchev–Trinajstić information content (AvgIpc) is 2.05. The lowest BCUT2D eigenvalue weighted by molar-refractivity contribution is 0.426. The van der Waals surface area contributed by atoms with Gasteiger partial charge in [-0.15, -0.1) is 0 Å². The molecule has 0 fully saturated rings. The van der Waals surface area contributed by atoms with Crippen molar-refractivity contribution in [3.8, 4) is 0 Å². The molecule has 0 aromatic heterocycles. The van der Waals surface area contributed by atoms with Crippen molar-refractivity contribution in [3.63, 3.8) is 0 Å². The molecule has 0 aromatic rings. The van der Waals surface area contributed by atoms with E-state index in [1.807, 2.05) is 0 Å². The molecule has 0 spiro atoms. The van der Waals surface area contributed by atoms with E-state index in [0.717, 1.165) is 19.5 Å². The van der Waals surface area contributed by atoms with Crippen molar-refractivity contribution >= 4 is 0 Å². The van der Waals surface area contributed by atoms with Crippen LogP contribution in [0.2, 0.25) is 0 Å². The molecule has 1 aliphatic heterocycles. The predicted octanol–water partition coefficient (Wildman–Crippen LogP) is 1.11. The Kier molecular flexibility index (Phi) is 5.89. The van der Waals surface area contributed by atoms with E-state index in [9.17, 15) is 0 Å². The fourth-order valence-electron chi connectivity index (χ4n) is 1.23. The van der Waals surface area contributed by atoms with Crippen LogP contribution >= 0.6 is 0 Å². The SMILES string of the molecule is C1=CCCNNNCCCCC1. The van der Waals surface area contributed by atoms with Crippen molar-refractivity contribution in [2.24, 2.45) is 0 Å². The molecule has 0 unspecified atom stereocenters. The van der Waals surface area contributed by atoms with Gasteiger partial charge in [0.25, 0.3) is 0 Å². The summed E-state index contributed by atoms with van der Waals surface area (Å²) in [5.41, 5.74) is 9.18. The molecule has 0 bridgehead atoms. The molecule has 1 aliphatic rings. The summed E-state index contributed by atoms with van der Waals surface area (Å²) >= 11 is 0. The van der Waals surface area contributed by atoms with Crippen molar-refractivity contribution in [1.29, 1.82) is 0 Å². The van der Waals surface area contributed by atoms with E-state index in [-0.39, 0.29) is 0 Å². The maximum Gasteiger partial charge on any atom is 0.0148 e. The summed E-state index contributed by atoms with van der Waals surface area (Å²) in [6.45, 7) is 2.04. The lowest BCUT2D eigenvalue weighted by Gasteiger charge is -2.08. The molecule has 1 rings (SSSR count). The Morgan fingerprint density at radius 3 is 2.58 bits per heavy atom. The van der Waals surface area contributed by atoms with Gasteiger partial charge in [0.2, 0.25) is 0 Å². The molecule has 3 nitrogen and oxygen atoms in total. The Balaban J connectivity index is 2.10. The summed E-state index contributed by atoms with van der Waals surface area (Å²) in [4.78, 5) is 0. The van der Waals surface area contributed by atoms with E-state index in [0.29, 0.717) is 0 Å². The van der Waals surface area contributed by atoms with Gasteiger partial charge in [-0.2, -0.15) is 5.53 Å². The van der Waals surface area contributed by atoms with Crippen LogP contribution in [-0.4, -0.2) is 13.1 Å². The minimum absolute atomic E-state index is 0.990. The number of allylic oxidation sites excluding steroid dienone is 1. The van der Waals surface area contributed by atoms with Gasteiger partial charge in [0.05, 0.1) is 0 Å². The zero-order chi connectivity index (χ0) is 8.49. The molecule has 0 amide bonds. The van der Waals surface area contributed by atoms with E-state index in [1.165, 1.54) is 25.7 Å². The molecule has 0 aromatic carbocycles. The van der Waals surface area contributed by atoms with Gasteiger partial charge < -0.3 is 0 Å². The van der Waals surface area contributed by atoms with Crippen LogP contribution in [0.15, 0.2) is 12.2 Å². The van der Waals surface area contributed by atoms with Crippen LogP contribution in [-0.2, 0) is 0 Å². The largest absolute Gasteiger partial charge is 0.244 e. The summed E-state index contributed by atoms with van der Waals surface area (Å²) in [6, 6.07) is 0. The smallest absolute Gasteiger partial charge is 0.0148 e. The Bertz CT molecular complexity index is 109. The Hall–Kier alpha value is -0.380. The Morgan fingerprint density at radius 2 is 1.58 bits per heavy atom. The maximum atomic E-state index is 3.12. The Labute approximate surface area is 74.6 Å². The number of nitrogens with one attached hydrogen (secondary N) is 3. The Morgan fingerprint density at radius 1 is 0.750 bits per heavy atom. The summed E-state index contributed by atoms with van der Waals surface area (Å²) in [5.74, 6) is 0. The van der Waals surface area contributed by atoms with E-state index >= 15 is 0 Å². The molecular formula is C9H19N3. The van der Waals surface area contributed by atoms with Gasteiger partial charge >= 0.3 is 0 Å². The van der Waals surface area contributed by atoms with Crippen LogP contribution in [0, 0.1) is 0 Å². The molecule has 1 heterocycles. The van der Waals surface area contributed by atoms with E-state index < -0.39 is 0 Å². The lowest BCUT2D eigenvalue weighted by atomic mass is 10.2. The zero-order valence-electron chi connectivity index (χ0n) is 7.60. The lowest BCUT2D eigenvalue weighted by Crippen LogP contribution is -2.44. The molecular weight excluding hydrogens is 150 g/mol. The molecule has 0 saturated carbocycles. The second-order valence-corrected chi connectivity index (χ2v) is 3.09. The van der Waals surface area contributed by atoms with Crippen LogP contribution in [0.5, 0.6) is 0 Å². The minimum Gasteiger partial charge on any atom is -0.244 e. The van der Waals surface area contributed by atoms with Crippen molar-refractivity contribution in [3.05, 3.63) is 12.2 Å². The third kappa shape index (κ3) is 5.29. The molecule has 70 valence electrons. The predicted molar refractivity (Wildman–Crippen MR) is 51.4 cm³/mol. The molecule has 0 aliphatic carbocycles. The van der Waals surface area contributed by atoms with Gasteiger partial charge in [-0.05, 0) is 25.7 Å². The standard InChI is InChI=1S/C9H19N3/c1-2-4-6-8-10-12-11-9-7-5-3-1/h2,4,10-12H,1,3,5-9H2. The van der Waals surface area contributed by atoms with Crippen LogP contribution in [0.25, 0.3) is 0 Å². The van der Waals surface area contributed by atoms with Gasteiger partial charge in [-0.3, -0.25) is 0 Å². The average molecular weight is 169 g/mol. The number of hydrogen-bond donors (Lipinski definition) is 3. The van der Waals surface area contributed by atoms with Crippen LogP contribution in [0.1, 0.15) is 32.1 Å². The highest BCUT2D eigenvalue weighted by molar-refractivity contribution is 4.81. The molecule has 3 heteroatoms. The summed E-state index contributed by atoms with van der Waals surface area (Å²) in [6.07, 6.45) is 10.8. The summed E-state index contributed by atoms with van der Waals surface area (Å²) in [5, 5.41) is 0. The summed E-state index contributed by atoms with van der Waals surface area (Å²) < 4.78 is 0. The first-order valence-corrected chi connectivity index (χ1v) is 4.86.